The summed E-state index contributed by atoms with van der Waals surface area (Å²) in [5.74, 6) is 0.381. The van der Waals surface area contributed by atoms with E-state index in [1.807, 2.05) is 6.92 Å². The number of alkyl halides is 2. The van der Waals surface area contributed by atoms with Crippen LogP contribution >= 0.6 is 0 Å². The lowest BCUT2D eigenvalue weighted by atomic mass is 9.88. The van der Waals surface area contributed by atoms with E-state index in [2.05, 4.69) is 0 Å². The lowest BCUT2D eigenvalue weighted by Gasteiger charge is -2.23. The predicted molar refractivity (Wildman–Crippen MR) is 32.8 cm³/mol. The van der Waals surface area contributed by atoms with Gasteiger partial charge in [0.05, 0.1) is 0 Å². The Morgan fingerprint density at radius 2 is 1.78 bits per heavy atom. The van der Waals surface area contributed by atoms with Gasteiger partial charge in [0.15, 0.2) is 0 Å². The van der Waals surface area contributed by atoms with Crippen LogP contribution in [-0.2, 0) is 0 Å². The molecule has 2 heteroatoms. The molecular formula is C7H12F2. The van der Waals surface area contributed by atoms with Crippen LogP contribution in [0.5, 0.6) is 0 Å². The molecule has 3 atom stereocenters. The molecule has 0 aromatic rings. The SMILES string of the molecule is C[C@@H]1CCC(F)C(F)C1. The zero-order valence-electron chi connectivity index (χ0n) is 5.61. The molecule has 1 fully saturated rings. The van der Waals surface area contributed by atoms with Crippen LogP contribution in [0.1, 0.15) is 26.2 Å². The molecule has 0 heterocycles. The molecule has 0 aliphatic heterocycles. The first-order valence-corrected chi connectivity index (χ1v) is 3.48. The van der Waals surface area contributed by atoms with Gasteiger partial charge in [-0.1, -0.05) is 6.92 Å². The topological polar surface area (TPSA) is 0 Å². The fraction of sp³-hybridized carbons (Fsp3) is 1.00. The zero-order valence-corrected chi connectivity index (χ0v) is 5.61. The van der Waals surface area contributed by atoms with Crippen molar-refractivity contribution < 1.29 is 8.78 Å². The lowest BCUT2D eigenvalue weighted by molar-refractivity contribution is 0.0948. The molecule has 1 aliphatic carbocycles. The number of rotatable bonds is 0. The van der Waals surface area contributed by atoms with Crippen molar-refractivity contribution in [2.45, 2.75) is 38.5 Å². The van der Waals surface area contributed by atoms with E-state index in [9.17, 15) is 8.78 Å². The molecule has 0 aromatic carbocycles. The summed E-state index contributed by atoms with van der Waals surface area (Å²) in [6, 6.07) is 0. The van der Waals surface area contributed by atoms with E-state index in [0.717, 1.165) is 6.42 Å². The Bertz CT molecular complexity index is 92.9. The van der Waals surface area contributed by atoms with E-state index in [0.29, 0.717) is 18.8 Å². The van der Waals surface area contributed by atoms with Crippen LogP contribution in [0, 0.1) is 5.92 Å². The van der Waals surface area contributed by atoms with Gasteiger partial charge in [-0.05, 0) is 25.2 Å². The van der Waals surface area contributed by atoms with Crippen molar-refractivity contribution in [3.8, 4) is 0 Å². The highest BCUT2D eigenvalue weighted by Crippen LogP contribution is 2.27. The molecule has 2 unspecified atom stereocenters. The van der Waals surface area contributed by atoms with Gasteiger partial charge in [0.25, 0.3) is 0 Å². The fourth-order valence-electron chi connectivity index (χ4n) is 1.27. The first kappa shape index (κ1) is 6.97. The molecule has 0 saturated heterocycles. The van der Waals surface area contributed by atoms with Crippen LogP contribution in [0.3, 0.4) is 0 Å². The van der Waals surface area contributed by atoms with Crippen LogP contribution in [0.25, 0.3) is 0 Å². The van der Waals surface area contributed by atoms with Gasteiger partial charge in [0, 0.05) is 0 Å². The van der Waals surface area contributed by atoms with Crippen LogP contribution in [0.4, 0.5) is 8.78 Å². The third kappa shape index (κ3) is 1.63. The molecule has 9 heavy (non-hydrogen) atoms. The molecule has 0 aromatic heterocycles. The molecule has 0 radical (unpaired) electrons. The normalized spacial score (nSPS) is 45.0. The summed E-state index contributed by atoms with van der Waals surface area (Å²) in [6.45, 7) is 1.97. The molecule has 0 bridgehead atoms. The highest BCUT2D eigenvalue weighted by Gasteiger charge is 2.27. The Morgan fingerprint density at radius 3 is 2.22 bits per heavy atom. The number of hydrogen-bond donors (Lipinski definition) is 0. The van der Waals surface area contributed by atoms with Gasteiger partial charge in [0.1, 0.15) is 12.3 Å². The Hall–Kier alpha value is -0.140. The standard InChI is InChI=1S/C7H12F2/c1-5-2-3-6(8)7(9)4-5/h5-7H,2-4H2,1H3/t5-,6?,7?/m1/s1. The summed E-state index contributed by atoms with van der Waals surface area (Å²) in [6.07, 6.45) is -0.680. The molecule has 0 N–H and O–H groups in total. The van der Waals surface area contributed by atoms with Gasteiger partial charge >= 0.3 is 0 Å². The molecule has 54 valence electrons. The molecule has 1 saturated carbocycles. The minimum absolute atomic E-state index is 0.381. The van der Waals surface area contributed by atoms with Crippen molar-refractivity contribution in [1.82, 2.24) is 0 Å². The predicted octanol–water partition coefficient (Wildman–Crippen LogP) is 2.48. The first-order valence-electron chi connectivity index (χ1n) is 3.48. The van der Waals surface area contributed by atoms with Crippen molar-refractivity contribution in [2.24, 2.45) is 5.92 Å². The summed E-state index contributed by atoms with van der Waals surface area (Å²) in [7, 11) is 0. The van der Waals surface area contributed by atoms with E-state index < -0.39 is 12.3 Å². The molecule has 0 spiro atoms. The van der Waals surface area contributed by atoms with Gasteiger partial charge in [-0.25, -0.2) is 8.78 Å². The van der Waals surface area contributed by atoms with Crippen molar-refractivity contribution in [1.29, 1.82) is 0 Å². The second kappa shape index (κ2) is 2.63. The van der Waals surface area contributed by atoms with E-state index in [-0.39, 0.29) is 0 Å². The second-order valence-corrected chi connectivity index (χ2v) is 2.95. The highest BCUT2D eigenvalue weighted by molar-refractivity contribution is 4.77. The third-order valence-electron chi connectivity index (χ3n) is 1.96. The molecular weight excluding hydrogens is 122 g/mol. The summed E-state index contributed by atoms with van der Waals surface area (Å²) in [4.78, 5) is 0. The molecule has 0 nitrogen and oxygen atoms in total. The largest absolute Gasteiger partial charge is 0.244 e. The van der Waals surface area contributed by atoms with Crippen LogP contribution in [0.2, 0.25) is 0 Å². The Balaban J connectivity index is 2.35. The minimum atomic E-state index is -1.19. The smallest absolute Gasteiger partial charge is 0.131 e. The molecule has 1 rings (SSSR count). The number of halogens is 2. The zero-order chi connectivity index (χ0) is 6.85. The van der Waals surface area contributed by atoms with Crippen LogP contribution in [0.15, 0.2) is 0 Å². The van der Waals surface area contributed by atoms with E-state index in [1.165, 1.54) is 0 Å². The minimum Gasteiger partial charge on any atom is -0.244 e. The molecule has 0 amide bonds. The lowest BCUT2D eigenvalue weighted by Crippen LogP contribution is -2.25. The third-order valence-corrected chi connectivity index (χ3v) is 1.96. The van der Waals surface area contributed by atoms with E-state index in [1.54, 1.807) is 0 Å². The van der Waals surface area contributed by atoms with Crippen LogP contribution in [-0.4, -0.2) is 12.3 Å². The summed E-state index contributed by atoms with van der Waals surface area (Å²) >= 11 is 0. The van der Waals surface area contributed by atoms with Gasteiger partial charge in [-0.2, -0.15) is 0 Å². The van der Waals surface area contributed by atoms with Crippen molar-refractivity contribution in [2.75, 3.05) is 0 Å². The molecule has 1 aliphatic rings. The Labute approximate surface area is 54.3 Å². The second-order valence-electron chi connectivity index (χ2n) is 2.95. The average Bonchev–Trinajstić information content (AvgIpc) is 1.80. The maximum atomic E-state index is 12.5. The highest BCUT2D eigenvalue weighted by atomic mass is 19.2. The van der Waals surface area contributed by atoms with Crippen molar-refractivity contribution in [3.05, 3.63) is 0 Å². The van der Waals surface area contributed by atoms with E-state index >= 15 is 0 Å². The summed E-state index contributed by atoms with van der Waals surface area (Å²) in [5, 5.41) is 0. The maximum absolute atomic E-state index is 12.5. The van der Waals surface area contributed by atoms with Crippen LogP contribution < -0.4 is 0 Å². The first-order chi connectivity index (χ1) is 4.20. The summed E-state index contributed by atoms with van der Waals surface area (Å²) in [5.41, 5.74) is 0. The van der Waals surface area contributed by atoms with Crippen molar-refractivity contribution >= 4 is 0 Å². The van der Waals surface area contributed by atoms with Gasteiger partial charge in [-0.3, -0.25) is 0 Å². The maximum Gasteiger partial charge on any atom is 0.131 e. The Morgan fingerprint density at radius 1 is 1.11 bits per heavy atom. The monoisotopic (exact) mass is 134 g/mol. The average molecular weight is 134 g/mol. The van der Waals surface area contributed by atoms with Gasteiger partial charge in [0.2, 0.25) is 0 Å². The fourth-order valence-corrected chi connectivity index (χ4v) is 1.27. The Kier molecular flexibility index (Phi) is 2.04. The quantitative estimate of drug-likeness (QED) is 0.477. The summed E-state index contributed by atoms with van der Waals surface area (Å²) < 4.78 is 24.8. The van der Waals surface area contributed by atoms with Gasteiger partial charge in [-0.15, -0.1) is 0 Å². The van der Waals surface area contributed by atoms with Crippen molar-refractivity contribution in [3.63, 3.8) is 0 Å². The number of hydrogen-bond acceptors (Lipinski definition) is 0. The van der Waals surface area contributed by atoms with Gasteiger partial charge < -0.3 is 0 Å². The van der Waals surface area contributed by atoms with E-state index in [4.69, 9.17) is 0 Å².